The number of aromatic nitrogens is 2. The minimum absolute atomic E-state index is 0.105. The van der Waals surface area contributed by atoms with Crippen molar-refractivity contribution in [1.29, 1.82) is 0 Å². The highest BCUT2D eigenvalue weighted by Gasteiger charge is 2.16. The molecule has 0 spiro atoms. The lowest BCUT2D eigenvalue weighted by Crippen LogP contribution is -2.13. The summed E-state index contributed by atoms with van der Waals surface area (Å²) in [5.74, 6) is 0.557. The van der Waals surface area contributed by atoms with Gasteiger partial charge in [-0.1, -0.05) is 6.07 Å². The van der Waals surface area contributed by atoms with Gasteiger partial charge in [0, 0.05) is 25.9 Å². The predicted molar refractivity (Wildman–Crippen MR) is 75.0 cm³/mol. The third-order valence-electron chi connectivity index (χ3n) is 2.46. The van der Waals surface area contributed by atoms with E-state index in [1.165, 1.54) is 17.1 Å². The van der Waals surface area contributed by atoms with Crippen molar-refractivity contribution < 1.29 is 13.2 Å². The fraction of sp³-hybridized carbons (Fsp3) is 0.250. The zero-order chi connectivity index (χ0) is 14.6. The summed E-state index contributed by atoms with van der Waals surface area (Å²) in [4.78, 5) is 0.105. The number of benzene rings is 1. The molecule has 1 aromatic heterocycles. The number of ether oxygens (including phenoxy) is 1. The number of rotatable bonds is 6. The number of aryl methyl sites for hydroxylation is 1. The summed E-state index contributed by atoms with van der Waals surface area (Å²) in [6.45, 7) is 0.768. The van der Waals surface area contributed by atoms with E-state index in [2.05, 4.69) is 9.82 Å². The van der Waals surface area contributed by atoms with Gasteiger partial charge >= 0.3 is 0 Å². The van der Waals surface area contributed by atoms with Crippen molar-refractivity contribution in [2.45, 2.75) is 4.90 Å². The Morgan fingerprint density at radius 3 is 2.90 bits per heavy atom. The van der Waals surface area contributed by atoms with E-state index in [0.29, 0.717) is 24.6 Å². The van der Waals surface area contributed by atoms with Crippen LogP contribution in [0.15, 0.2) is 41.6 Å². The van der Waals surface area contributed by atoms with Crippen molar-refractivity contribution in [3.8, 4) is 5.75 Å². The summed E-state index contributed by atoms with van der Waals surface area (Å²) in [7, 11) is -1.99. The normalized spacial score (nSPS) is 11.3. The molecule has 0 saturated heterocycles. The molecule has 2 rings (SSSR count). The highest BCUT2D eigenvalue weighted by Crippen LogP contribution is 2.20. The highest BCUT2D eigenvalue weighted by atomic mass is 32.2. The van der Waals surface area contributed by atoms with Gasteiger partial charge in [0.15, 0.2) is 0 Å². The smallest absolute Gasteiger partial charge is 0.265 e. The second kappa shape index (κ2) is 5.93. The first-order valence-corrected chi connectivity index (χ1v) is 7.44. The fourth-order valence-corrected chi connectivity index (χ4v) is 2.61. The minimum Gasteiger partial charge on any atom is -0.492 e. The predicted octanol–water partition coefficient (Wildman–Crippen LogP) is 0.558. The minimum atomic E-state index is -3.64. The van der Waals surface area contributed by atoms with Crippen molar-refractivity contribution in [2.75, 3.05) is 17.9 Å². The van der Waals surface area contributed by atoms with Gasteiger partial charge in [0.25, 0.3) is 10.0 Å². The zero-order valence-electron chi connectivity index (χ0n) is 11.0. The third-order valence-corrected chi connectivity index (χ3v) is 3.80. The molecule has 0 radical (unpaired) electrons. The molecule has 108 valence electrons. The Morgan fingerprint density at radius 1 is 1.45 bits per heavy atom. The molecule has 1 aromatic carbocycles. The van der Waals surface area contributed by atoms with Crippen LogP contribution in [0.4, 0.5) is 5.69 Å². The van der Waals surface area contributed by atoms with Gasteiger partial charge in [-0.15, -0.1) is 0 Å². The largest absolute Gasteiger partial charge is 0.492 e. The van der Waals surface area contributed by atoms with Crippen LogP contribution in [0.1, 0.15) is 0 Å². The van der Waals surface area contributed by atoms with E-state index >= 15 is 0 Å². The van der Waals surface area contributed by atoms with Crippen LogP contribution in [0.5, 0.6) is 5.75 Å². The second-order valence-corrected chi connectivity index (χ2v) is 5.80. The molecule has 0 aliphatic heterocycles. The summed E-state index contributed by atoms with van der Waals surface area (Å²) in [5.41, 5.74) is 5.77. The van der Waals surface area contributed by atoms with Crippen molar-refractivity contribution in [2.24, 2.45) is 12.8 Å². The van der Waals surface area contributed by atoms with Gasteiger partial charge < -0.3 is 10.5 Å². The molecule has 0 aliphatic rings. The van der Waals surface area contributed by atoms with E-state index in [9.17, 15) is 8.42 Å². The van der Waals surface area contributed by atoms with Crippen LogP contribution in [0.25, 0.3) is 0 Å². The number of hydrogen-bond donors (Lipinski definition) is 2. The summed E-state index contributed by atoms with van der Waals surface area (Å²) in [6.07, 6.45) is 2.72. The monoisotopic (exact) mass is 296 g/mol. The molecule has 0 unspecified atom stereocenters. The van der Waals surface area contributed by atoms with Gasteiger partial charge in [0.05, 0.1) is 11.9 Å². The molecular weight excluding hydrogens is 280 g/mol. The Labute approximate surface area is 117 Å². The average Bonchev–Trinajstić information content (AvgIpc) is 2.84. The molecule has 0 fully saturated rings. The average molecular weight is 296 g/mol. The van der Waals surface area contributed by atoms with Gasteiger partial charge in [0.1, 0.15) is 17.3 Å². The highest BCUT2D eigenvalue weighted by molar-refractivity contribution is 7.92. The number of nitrogens with two attached hydrogens (primary N) is 1. The van der Waals surface area contributed by atoms with E-state index < -0.39 is 10.0 Å². The summed E-state index contributed by atoms with van der Waals surface area (Å²) >= 11 is 0. The van der Waals surface area contributed by atoms with Crippen LogP contribution in [0.2, 0.25) is 0 Å². The molecule has 1 heterocycles. The molecule has 0 atom stereocenters. The molecule has 0 bridgehead atoms. The topological polar surface area (TPSA) is 99.2 Å². The van der Waals surface area contributed by atoms with Crippen LogP contribution in [-0.2, 0) is 17.1 Å². The van der Waals surface area contributed by atoms with E-state index in [4.69, 9.17) is 10.5 Å². The molecule has 0 aliphatic carbocycles. The van der Waals surface area contributed by atoms with Gasteiger partial charge in [0.2, 0.25) is 0 Å². The Hall–Kier alpha value is -2.06. The molecule has 20 heavy (non-hydrogen) atoms. The first-order chi connectivity index (χ1) is 9.51. The Bertz CT molecular complexity index is 682. The third kappa shape index (κ3) is 3.49. The van der Waals surface area contributed by atoms with Gasteiger partial charge in [-0.25, -0.2) is 8.42 Å². The lowest BCUT2D eigenvalue weighted by molar-refractivity contribution is 0.328. The molecule has 0 saturated carbocycles. The van der Waals surface area contributed by atoms with Crippen LogP contribution < -0.4 is 15.2 Å². The van der Waals surface area contributed by atoms with Crippen molar-refractivity contribution in [1.82, 2.24) is 9.78 Å². The molecule has 7 nitrogen and oxygen atoms in total. The van der Waals surface area contributed by atoms with Gasteiger partial charge in [-0.2, -0.15) is 5.10 Å². The fourth-order valence-electron chi connectivity index (χ4n) is 1.58. The van der Waals surface area contributed by atoms with Gasteiger partial charge in [-0.05, 0) is 12.1 Å². The molecule has 3 N–H and O–H groups in total. The van der Waals surface area contributed by atoms with Gasteiger partial charge in [-0.3, -0.25) is 9.40 Å². The Kier molecular flexibility index (Phi) is 4.26. The van der Waals surface area contributed by atoms with E-state index in [0.717, 1.165) is 0 Å². The van der Waals surface area contributed by atoms with Crippen molar-refractivity contribution >= 4 is 15.7 Å². The molecule has 0 amide bonds. The summed E-state index contributed by atoms with van der Waals surface area (Å²) < 4.78 is 33.5. The first kappa shape index (κ1) is 14.4. The number of sulfonamides is 1. The molecule has 8 heteroatoms. The molecule has 2 aromatic rings. The van der Waals surface area contributed by atoms with Crippen LogP contribution >= 0.6 is 0 Å². The van der Waals surface area contributed by atoms with Crippen LogP contribution in [-0.4, -0.2) is 31.3 Å². The second-order valence-electron chi connectivity index (χ2n) is 4.12. The summed E-state index contributed by atoms with van der Waals surface area (Å²) in [6, 6.07) is 6.68. The van der Waals surface area contributed by atoms with Crippen molar-refractivity contribution in [3.05, 3.63) is 36.7 Å². The van der Waals surface area contributed by atoms with Crippen LogP contribution in [0, 0.1) is 0 Å². The Morgan fingerprint density at radius 2 is 2.25 bits per heavy atom. The van der Waals surface area contributed by atoms with Crippen LogP contribution in [0.3, 0.4) is 0 Å². The maximum atomic E-state index is 12.1. The van der Waals surface area contributed by atoms with E-state index in [1.54, 1.807) is 31.3 Å². The number of nitrogens with one attached hydrogen (secondary N) is 1. The molecular formula is C12H16N4O3S. The maximum Gasteiger partial charge on any atom is 0.265 e. The number of hydrogen-bond acceptors (Lipinski definition) is 5. The maximum absolute atomic E-state index is 12.1. The number of anilines is 1. The SMILES string of the molecule is Cn1cc(S(=O)(=O)Nc2cccc(OCCN)c2)cn1. The van der Waals surface area contributed by atoms with E-state index in [-0.39, 0.29) is 4.90 Å². The summed E-state index contributed by atoms with van der Waals surface area (Å²) in [5, 5.41) is 3.84. The number of nitrogens with zero attached hydrogens (tertiary/aromatic N) is 2. The lowest BCUT2D eigenvalue weighted by Gasteiger charge is -2.09. The van der Waals surface area contributed by atoms with Crippen molar-refractivity contribution in [3.63, 3.8) is 0 Å². The Balaban J connectivity index is 2.17. The lowest BCUT2D eigenvalue weighted by atomic mass is 10.3. The quantitative estimate of drug-likeness (QED) is 0.811. The first-order valence-electron chi connectivity index (χ1n) is 5.95. The standard InChI is InChI=1S/C12H16N4O3S/c1-16-9-12(8-14-16)20(17,18)15-10-3-2-4-11(7-10)19-6-5-13/h2-4,7-9,15H,5-6,13H2,1H3. The zero-order valence-corrected chi connectivity index (χ0v) is 11.8. The van der Waals surface area contributed by atoms with E-state index in [1.807, 2.05) is 0 Å².